The Morgan fingerprint density at radius 2 is 1.71 bits per heavy atom. The van der Waals surface area contributed by atoms with Gasteiger partial charge in [0.05, 0.1) is 23.2 Å². The lowest BCUT2D eigenvalue weighted by Gasteiger charge is -2.42. The van der Waals surface area contributed by atoms with Crippen molar-refractivity contribution in [1.29, 1.82) is 5.26 Å². The minimum Gasteiger partial charge on any atom is -0.352 e. The first-order valence-corrected chi connectivity index (χ1v) is 10.2. The number of amides is 1. The van der Waals surface area contributed by atoms with Gasteiger partial charge in [-0.05, 0) is 36.6 Å². The summed E-state index contributed by atoms with van der Waals surface area (Å²) in [6.07, 6.45) is -4.01. The van der Waals surface area contributed by atoms with Gasteiger partial charge in [0.25, 0.3) is 0 Å². The fourth-order valence-electron chi connectivity index (χ4n) is 3.67. The molecule has 166 valence electrons. The fourth-order valence-corrected chi connectivity index (χ4v) is 3.67. The van der Waals surface area contributed by atoms with E-state index in [1.807, 2.05) is 51.1 Å². The van der Waals surface area contributed by atoms with Gasteiger partial charge in [-0.25, -0.2) is 0 Å². The van der Waals surface area contributed by atoms with Crippen LogP contribution in [0.1, 0.15) is 49.9 Å². The van der Waals surface area contributed by atoms with Gasteiger partial charge in [-0.1, -0.05) is 50.6 Å². The highest BCUT2D eigenvalue weighted by Gasteiger charge is 2.38. The number of hydrogen-bond donors (Lipinski definition) is 0. The molecule has 0 bridgehead atoms. The molecule has 0 aliphatic heterocycles. The van der Waals surface area contributed by atoms with Crippen molar-refractivity contribution in [3.05, 3.63) is 65.2 Å². The lowest BCUT2D eigenvalue weighted by molar-refractivity contribution is -0.137. The van der Waals surface area contributed by atoms with Gasteiger partial charge in [-0.15, -0.1) is 0 Å². The van der Waals surface area contributed by atoms with Crippen molar-refractivity contribution in [1.82, 2.24) is 4.90 Å². The summed E-state index contributed by atoms with van der Waals surface area (Å²) in [4.78, 5) is 16.4. The average Bonchev–Trinajstić information content (AvgIpc) is 2.75. The summed E-state index contributed by atoms with van der Waals surface area (Å²) >= 11 is 0. The van der Waals surface area contributed by atoms with E-state index in [1.54, 1.807) is 25.1 Å². The van der Waals surface area contributed by atoms with Crippen molar-refractivity contribution < 1.29 is 18.0 Å². The van der Waals surface area contributed by atoms with Gasteiger partial charge in [-0.3, -0.25) is 4.79 Å². The zero-order valence-electron chi connectivity index (χ0n) is 18.4. The maximum atomic E-state index is 13.7. The topological polar surface area (TPSA) is 47.3 Å². The van der Waals surface area contributed by atoms with Crippen LogP contribution in [0.15, 0.2) is 48.5 Å². The molecule has 1 amide bonds. The predicted molar refractivity (Wildman–Crippen MR) is 115 cm³/mol. The van der Waals surface area contributed by atoms with Crippen molar-refractivity contribution in [2.75, 3.05) is 19.0 Å². The van der Waals surface area contributed by atoms with Crippen LogP contribution in [0.25, 0.3) is 0 Å². The third-order valence-corrected chi connectivity index (χ3v) is 5.60. The van der Waals surface area contributed by atoms with Crippen molar-refractivity contribution in [3.8, 4) is 6.07 Å². The first kappa shape index (κ1) is 24.3. The minimum atomic E-state index is -4.68. The molecule has 2 aromatic carbocycles. The molecular formula is C24H28F3N3O. The second-order valence-electron chi connectivity index (χ2n) is 7.90. The molecule has 2 rings (SSSR count). The summed E-state index contributed by atoms with van der Waals surface area (Å²) in [6.45, 7) is 5.75. The molecule has 0 aliphatic carbocycles. The summed E-state index contributed by atoms with van der Waals surface area (Å²) < 4.78 is 41.0. The molecule has 0 saturated heterocycles. The zero-order valence-corrected chi connectivity index (χ0v) is 18.4. The lowest BCUT2D eigenvalue weighted by Crippen LogP contribution is -2.51. The molecule has 2 aromatic rings. The third-order valence-electron chi connectivity index (χ3n) is 5.60. The van der Waals surface area contributed by atoms with Crippen LogP contribution in [-0.4, -0.2) is 30.9 Å². The van der Waals surface area contributed by atoms with Crippen molar-refractivity contribution in [2.45, 2.75) is 45.5 Å². The summed E-state index contributed by atoms with van der Waals surface area (Å²) in [7, 11) is 3.28. The Labute approximate surface area is 181 Å². The van der Waals surface area contributed by atoms with E-state index in [9.17, 15) is 23.2 Å². The molecule has 0 N–H and O–H groups in total. The smallest absolute Gasteiger partial charge is 0.352 e. The van der Waals surface area contributed by atoms with Crippen molar-refractivity contribution in [2.24, 2.45) is 5.92 Å². The van der Waals surface area contributed by atoms with E-state index in [2.05, 4.69) is 0 Å². The number of benzene rings is 2. The molecule has 0 fully saturated rings. The second-order valence-corrected chi connectivity index (χ2v) is 7.90. The van der Waals surface area contributed by atoms with Gasteiger partial charge in [0.1, 0.15) is 6.04 Å². The van der Waals surface area contributed by atoms with Crippen LogP contribution in [0.5, 0.6) is 0 Å². The SMILES string of the molecule is CCC(C)[C@@H](C(=O)N(C)C)N(c1ccc(C#N)c(C(F)(F)F)c1)C(C)c1ccccc1. The molecule has 0 radical (unpaired) electrons. The zero-order chi connectivity index (χ0) is 23.3. The van der Waals surface area contributed by atoms with E-state index in [1.165, 1.54) is 17.0 Å². The Bertz CT molecular complexity index is 935. The molecule has 0 spiro atoms. The van der Waals surface area contributed by atoms with E-state index in [0.717, 1.165) is 11.6 Å². The van der Waals surface area contributed by atoms with Crippen molar-refractivity contribution >= 4 is 11.6 Å². The number of hydrogen-bond acceptors (Lipinski definition) is 3. The summed E-state index contributed by atoms with van der Waals surface area (Å²) in [5.41, 5.74) is -0.316. The van der Waals surface area contributed by atoms with Crippen LogP contribution in [-0.2, 0) is 11.0 Å². The largest absolute Gasteiger partial charge is 0.417 e. The Balaban J connectivity index is 2.76. The summed E-state index contributed by atoms with van der Waals surface area (Å²) in [5.74, 6) is -0.305. The quantitative estimate of drug-likeness (QED) is 0.569. The molecule has 2 unspecified atom stereocenters. The van der Waals surface area contributed by atoms with Crippen molar-refractivity contribution in [3.63, 3.8) is 0 Å². The molecular weight excluding hydrogens is 403 g/mol. The number of carbonyl (C=O) groups is 1. The number of likely N-dealkylation sites (N-methyl/N-ethyl adjacent to an activating group) is 1. The predicted octanol–water partition coefficient (Wildman–Crippen LogP) is 5.65. The normalized spacial score (nSPS) is 14.3. The third kappa shape index (κ3) is 5.38. The van der Waals surface area contributed by atoms with E-state index in [0.29, 0.717) is 6.42 Å². The van der Waals surface area contributed by atoms with Crippen LogP contribution >= 0.6 is 0 Å². The first-order valence-electron chi connectivity index (χ1n) is 10.2. The molecule has 31 heavy (non-hydrogen) atoms. The van der Waals surface area contributed by atoms with Crippen LogP contribution in [0.4, 0.5) is 18.9 Å². The van der Waals surface area contributed by atoms with Gasteiger partial charge in [-0.2, -0.15) is 18.4 Å². The number of rotatable bonds is 7. The number of nitrogens with zero attached hydrogens (tertiary/aromatic N) is 3. The second kappa shape index (κ2) is 9.86. The van der Waals surface area contributed by atoms with Gasteiger partial charge >= 0.3 is 6.18 Å². The molecule has 4 nitrogen and oxygen atoms in total. The van der Waals surface area contributed by atoms with Gasteiger partial charge in [0.2, 0.25) is 5.91 Å². The van der Waals surface area contributed by atoms with Crippen LogP contribution < -0.4 is 4.90 Å². The Morgan fingerprint density at radius 3 is 2.19 bits per heavy atom. The number of alkyl halides is 3. The Hall–Kier alpha value is -3.01. The minimum absolute atomic E-state index is 0.119. The Kier molecular flexibility index (Phi) is 7.72. The van der Waals surface area contributed by atoms with Crippen LogP contribution in [0.2, 0.25) is 0 Å². The van der Waals surface area contributed by atoms with E-state index < -0.39 is 23.3 Å². The molecule has 0 aliphatic rings. The van der Waals surface area contributed by atoms with Gasteiger partial charge in [0, 0.05) is 19.8 Å². The highest BCUT2D eigenvalue weighted by Crippen LogP contribution is 2.38. The van der Waals surface area contributed by atoms with Crippen LogP contribution in [0.3, 0.4) is 0 Å². The van der Waals surface area contributed by atoms with E-state index in [4.69, 9.17) is 0 Å². The molecule has 3 atom stereocenters. The maximum Gasteiger partial charge on any atom is 0.417 e. The summed E-state index contributed by atoms with van der Waals surface area (Å²) in [6, 6.07) is 13.6. The van der Waals surface area contributed by atoms with E-state index in [-0.39, 0.29) is 23.6 Å². The first-order chi connectivity index (χ1) is 14.5. The number of carbonyl (C=O) groups excluding carboxylic acids is 1. The highest BCUT2D eigenvalue weighted by molar-refractivity contribution is 5.85. The van der Waals surface area contributed by atoms with Gasteiger partial charge in [0.15, 0.2) is 0 Å². The molecule has 0 saturated carbocycles. The average molecular weight is 432 g/mol. The van der Waals surface area contributed by atoms with Gasteiger partial charge < -0.3 is 9.80 Å². The standard InChI is InChI=1S/C24H28F3N3O/c1-6-16(2)22(23(31)29(4)5)30(17(3)18-10-8-7-9-11-18)20-13-12-19(15-28)21(14-20)24(25,26)27/h7-14,16-17,22H,6H2,1-5H3/t16?,17?,22-/m0/s1. The number of anilines is 1. The monoisotopic (exact) mass is 431 g/mol. The number of halogens is 3. The molecule has 0 heterocycles. The molecule has 0 aromatic heterocycles. The summed E-state index contributed by atoms with van der Waals surface area (Å²) in [5, 5.41) is 9.17. The fraction of sp³-hybridized carbons (Fsp3) is 0.417. The number of nitriles is 1. The maximum absolute atomic E-state index is 13.7. The van der Waals surface area contributed by atoms with Crippen LogP contribution in [0, 0.1) is 17.2 Å². The highest BCUT2D eigenvalue weighted by atomic mass is 19.4. The molecule has 7 heteroatoms. The Morgan fingerprint density at radius 1 is 1.10 bits per heavy atom. The van der Waals surface area contributed by atoms with E-state index >= 15 is 0 Å². The lowest BCUT2D eigenvalue weighted by atomic mass is 9.92.